The summed E-state index contributed by atoms with van der Waals surface area (Å²) in [5.41, 5.74) is 6.71. The van der Waals surface area contributed by atoms with Gasteiger partial charge >= 0.3 is 11.9 Å². The van der Waals surface area contributed by atoms with Crippen molar-refractivity contribution in [3.05, 3.63) is 63.2 Å². The summed E-state index contributed by atoms with van der Waals surface area (Å²) in [6.07, 6.45) is 8.64. The number of nitrogens with one attached hydrogen (secondary N) is 3. The Morgan fingerprint density at radius 2 is 1.62 bits per heavy atom. The number of rotatable bonds is 8. The first-order chi connectivity index (χ1) is 18.7. The molecule has 2 aliphatic rings. The van der Waals surface area contributed by atoms with E-state index in [0.717, 1.165) is 66.2 Å². The van der Waals surface area contributed by atoms with Crippen LogP contribution in [0.5, 0.6) is 0 Å². The number of halogens is 1. The lowest BCUT2D eigenvalue weighted by atomic mass is 10.00. The molecule has 0 saturated heterocycles. The number of carbonyl (C=O) groups is 3. The van der Waals surface area contributed by atoms with Crippen LogP contribution in [0.3, 0.4) is 0 Å². The van der Waals surface area contributed by atoms with E-state index >= 15 is 0 Å². The predicted molar refractivity (Wildman–Crippen MR) is 154 cm³/mol. The highest BCUT2D eigenvalue weighted by Crippen LogP contribution is 2.31. The number of aliphatic carboxylic acids is 2. The van der Waals surface area contributed by atoms with Crippen molar-refractivity contribution < 1.29 is 24.6 Å². The molecule has 0 bridgehead atoms. The normalized spacial score (nSPS) is 15.5. The van der Waals surface area contributed by atoms with Gasteiger partial charge in [0.05, 0.1) is 23.6 Å². The van der Waals surface area contributed by atoms with Crippen LogP contribution in [0.1, 0.15) is 84.0 Å². The van der Waals surface area contributed by atoms with E-state index in [1.807, 2.05) is 19.1 Å². The maximum atomic E-state index is 12.8. The van der Waals surface area contributed by atoms with E-state index in [0.29, 0.717) is 12.6 Å². The highest BCUT2D eigenvalue weighted by molar-refractivity contribution is 6.33. The van der Waals surface area contributed by atoms with Gasteiger partial charge in [-0.1, -0.05) is 55.5 Å². The zero-order valence-electron chi connectivity index (χ0n) is 22.7. The van der Waals surface area contributed by atoms with Crippen LogP contribution >= 0.6 is 11.6 Å². The summed E-state index contributed by atoms with van der Waals surface area (Å²) < 4.78 is 0. The Kier molecular flexibility index (Phi) is 12.1. The van der Waals surface area contributed by atoms with Gasteiger partial charge in [-0.15, -0.1) is 0 Å². The SMILES string of the molecule is Cc1cc(CNc2c(Cl)ccc3c2CCNCC3)ccc1C(=O)NC1CCCCCC1.O=C(O)CCC(=O)O. The standard InChI is InChI=1S/C26H34ClN3O.C4H6O4/c1-18-16-19(8-10-22(18)26(31)30-21-6-4-2-3-5-7-21)17-29-25-23-13-15-28-14-12-20(23)9-11-24(25)27;5-3(6)1-2-4(7)8/h8-11,16,21,28-29H,2-7,12-15,17H2,1H3,(H,30,31);1-2H2,(H,5,6)(H,7,8). The third-order valence-electron chi connectivity index (χ3n) is 7.23. The Bertz CT molecular complexity index is 1130. The number of aryl methyl sites for hydroxylation is 1. The Labute approximate surface area is 235 Å². The van der Waals surface area contributed by atoms with Crippen molar-refractivity contribution in [3.8, 4) is 0 Å². The number of hydrogen-bond acceptors (Lipinski definition) is 5. The second-order valence-corrected chi connectivity index (χ2v) is 10.7. The number of amides is 1. The molecule has 0 aromatic heterocycles. The number of fused-ring (bicyclic) bond motifs is 1. The fourth-order valence-corrected chi connectivity index (χ4v) is 5.36. The lowest BCUT2D eigenvalue weighted by molar-refractivity contribution is -0.143. The second kappa shape index (κ2) is 15.5. The Morgan fingerprint density at radius 1 is 0.949 bits per heavy atom. The van der Waals surface area contributed by atoms with Crippen LogP contribution in [0.2, 0.25) is 5.02 Å². The van der Waals surface area contributed by atoms with E-state index in [4.69, 9.17) is 21.8 Å². The van der Waals surface area contributed by atoms with E-state index < -0.39 is 11.9 Å². The molecule has 1 aliphatic heterocycles. The van der Waals surface area contributed by atoms with E-state index in [9.17, 15) is 14.4 Å². The van der Waals surface area contributed by atoms with Crippen LogP contribution in [0, 0.1) is 6.92 Å². The number of benzene rings is 2. The highest BCUT2D eigenvalue weighted by Gasteiger charge is 2.18. The molecule has 2 aromatic rings. The van der Waals surface area contributed by atoms with Gasteiger partial charge in [0.25, 0.3) is 5.91 Å². The monoisotopic (exact) mass is 557 g/mol. The molecule has 0 unspecified atom stereocenters. The number of hydrogen-bond donors (Lipinski definition) is 5. The first-order valence-electron chi connectivity index (χ1n) is 13.8. The minimum atomic E-state index is -1.08. The molecule has 212 valence electrons. The summed E-state index contributed by atoms with van der Waals surface area (Å²) in [4.78, 5) is 32.1. The summed E-state index contributed by atoms with van der Waals surface area (Å²) in [5.74, 6) is -2.09. The van der Waals surface area contributed by atoms with Crippen LogP contribution in [-0.4, -0.2) is 47.2 Å². The molecule has 1 heterocycles. The summed E-state index contributed by atoms with van der Waals surface area (Å²) in [6, 6.07) is 10.6. The molecule has 0 radical (unpaired) electrons. The molecular weight excluding hydrogens is 518 g/mol. The Morgan fingerprint density at radius 3 is 2.26 bits per heavy atom. The van der Waals surface area contributed by atoms with Crippen LogP contribution in [0.15, 0.2) is 30.3 Å². The molecule has 1 aliphatic carbocycles. The van der Waals surface area contributed by atoms with Crippen molar-refractivity contribution in [2.75, 3.05) is 18.4 Å². The smallest absolute Gasteiger partial charge is 0.303 e. The zero-order valence-corrected chi connectivity index (χ0v) is 23.4. The lowest BCUT2D eigenvalue weighted by Crippen LogP contribution is -2.34. The molecule has 1 saturated carbocycles. The first-order valence-corrected chi connectivity index (χ1v) is 14.2. The summed E-state index contributed by atoms with van der Waals surface area (Å²) in [7, 11) is 0. The molecule has 2 aromatic carbocycles. The number of carboxylic acids is 2. The van der Waals surface area contributed by atoms with Crippen LogP contribution in [0.4, 0.5) is 5.69 Å². The van der Waals surface area contributed by atoms with Crippen molar-refractivity contribution >= 4 is 35.1 Å². The van der Waals surface area contributed by atoms with Crippen LogP contribution in [0.25, 0.3) is 0 Å². The molecule has 5 N–H and O–H groups in total. The van der Waals surface area contributed by atoms with Crippen LogP contribution < -0.4 is 16.0 Å². The summed E-state index contributed by atoms with van der Waals surface area (Å²) in [5, 5.41) is 26.9. The zero-order chi connectivity index (χ0) is 28.2. The van der Waals surface area contributed by atoms with Gasteiger partial charge in [-0.25, -0.2) is 0 Å². The van der Waals surface area contributed by atoms with Gasteiger partial charge < -0.3 is 26.2 Å². The first kappa shape index (κ1) is 30.4. The molecule has 0 atom stereocenters. The number of anilines is 1. The third-order valence-corrected chi connectivity index (χ3v) is 7.54. The minimum Gasteiger partial charge on any atom is -0.481 e. The molecule has 1 amide bonds. The lowest BCUT2D eigenvalue weighted by Gasteiger charge is -2.18. The summed E-state index contributed by atoms with van der Waals surface area (Å²) in [6.45, 7) is 4.71. The quantitative estimate of drug-likeness (QED) is 0.277. The Hall–Kier alpha value is -3.10. The average Bonchev–Trinajstić information content (AvgIpc) is 3.30. The van der Waals surface area contributed by atoms with Crippen molar-refractivity contribution in [2.24, 2.45) is 0 Å². The maximum absolute atomic E-state index is 12.8. The second-order valence-electron chi connectivity index (χ2n) is 10.3. The van der Waals surface area contributed by atoms with Gasteiger partial charge in [0.1, 0.15) is 0 Å². The molecule has 9 heteroatoms. The molecule has 4 rings (SSSR count). The van der Waals surface area contributed by atoms with E-state index in [-0.39, 0.29) is 18.7 Å². The Balaban J connectivity index is 0.000000459. The van der Waals surface area contributed by atoms with Crippen molar-refractivity contribution in [2.45, 2.75) is 83.7 Å². The van der Waals surface area contributed by atoms with Crippen molar-refractivity contribution in [3.63, 3.8) is 0 Å². The number of carbonyl (C=O) groups excluding carboxylic acids is 1. The van der Waals surface area contributed by atoms with Crippen molar-refractivity contribution in [1.82, 2.24) is 10.6 Å². The van der Waals surface area contributed by atoms with Gasteiger partial charge in [0, 0.05) is 18.2 Å². The van der Waals surface area contributed by atoms with Gasteiger partial charge in [0.15, 0.2) is 0 Å². The van der Waals surface area contributed by atoms with Gasteiger partial charge in [-0.05, 0) is 80.1 Å². The molecular formula is C30H40ClN3O5. The largest absolute Gasteiger partial charge is 0.481 e. The van der Waals surface area contributed by atoms with E-state index in [1.165, 1.54) is 36.8 Å². The molecule has 39 heavy (non-hydrogen) atoms. The topological polar surface area (TPSA) is 128 Å². The maximum Gasteiger partial charge on any atom is 0.303 e. The fourth-order valence-electron chi connectivity index (χ4n) is 5.12. The molecule has 0 spiro atoms. The summed E-state index contributed by atoms with van der Waals surface area (Å²) >= 11 is 6.55. The molecule has 8 nitrogen and oxygen atoms in total. The minimum absolute atomic E-state index is 0.0628. The fraction of sp³-hybridized carbons (Fsp3) is 0.500. The molecule has 1 fully saturated rings. The third kappa shape index (κ3) is 9.86. The van der Waals surface area contributed by atoms with Gasteiger partial charge in [0.2, 0.25) is 0 Å². The van der Waals surface area contributed by atoms with Gasteiger partial charge in [-0.2, -0.15) is 0 Å². The highest BCUT2D eigenvalue weighted by atomic mass is 35.5. The number of carboxylic acid groups (broad SMARTS) is 2. The average molecular weight is 558 g/mol. The van der Waals surface area contributed by atoms with Crippen molar-refractivity contribution in [1.29, 1.82) is 0 Å². The van der Waals surface area contributed by atoms with Gasteiger partial charge in [-0.3, -0.25) is 14.4 Å². The van der Waals surface area contributed by atoms with E-state index in [2.05, 4.69) is 34.1 Å². The van der Waals surface area contributed by atoms with Crippen LogP contribution in [-0.2, 0) is 29.0 Å². The van der Waals surface area contributed by atoms with E-state index in [1.54, 1.807) is 0 Å². The predicted octanol–water partition coefficient (Wildman–Crippen LogP) is 5.34.